The Morgan fingerprint density at radius 2 is 2.14 bits per heavy atom. The number of thiophene rings is 1. The first kappa shape index (κ1) is 18.8. The maximum Gasteiger partial charge on any atom is 0.151 e. The molecule has 1 saturated carbocycles. The molecule has 1 saturated heterocycles. The van der Waals surface area contributed by atoms with E-state index >= 15 is 0 Å². The van der Waals surface area contributed by atoms with Crippen molar-refractivity contribution in [2.75, 3.05) is 11.4 Å². The minimum Gasteiger partial charge on any atom is -0.367 e. The lowest BCUT2D eigenvalue weighted by Gasteiger charge is -2.29. The molecule has 4 atom stereocenters. The lowest BCUT2D eigenvalue weighted by atomic mass is 9.88. The van der Waals surface area contributed by atoms with Gasteiger partial charge in [-0.25, -0.2) is 0 Å². The van der Waals surface area contributed by atoms with E-state index in [0.717, 1.165) is 37.9 Å². The van der Waals surface area contributed by atoms with Crippen LogP contribution in [-0.4, -0.2) is 24.4 Å². The number of carbonyl (C=O) groups excluding carboxylic acids is 1. The quantitative estimate of drug-likeness (QED) is 0.786. The molecular weight excluding hydrogens is 378 g/mol. The van der Waals surface area contributed by atoms with Gasteiger partial charge in [-0.1, -0.05) is 12.1 Å². The Balaban J connectivity index is 1.19. The fraction of sp³-hybridized carbons (Fsp3) is 0.500. The van der Waals surface area contributed by atoms with Gasteiger partial charge in [-0.05, 0) is 72.7 Å². The van der Waals surface area contributed by atoms with Crippen LogP contribution in [0.4, 0.5) is 5.69 Å². The van der Waals surface area contributed by atoms with Crippen molar-refractivity contribution >= 4 is 22.8 Å². The number of nitrogens with zero attached hydrogens (tertiary/aromatic N) is 2. The number of benzene rings is 1. The molecule has 1 aromatic heterocycles. The van der Waals surface area contributed by atoms with Crippen LogP contribution in [0.25, 0.3) is 0 Å². The predicted molar refractivity (Wildman–Crippen MR) is 116 cm³/mol. The summed E-state index contributed by atoms with van der Waals surface area (Å²) in [6, 6.07) is 13.7. The molecule has 2 aromatic rings. The number of rotatable bonds is 6. The van der Waals surface area contributed by atoms with E-state index in [4.69, 9.17) is 0 Å². The zero-order valence-corrected chi connectivity index (χ0v) is 17.5. The number of piperidine rings is 1. The highest BCUT2D eigenvalue weighted by Crippen LogP contribution is 2.36. The smallest absolute Gasteiger partial charge is 0.151 e. The van der Waals surface area contributed by atoms with Gasteiger partial charge in [0.25, 0.3) is 0 Å². The van der Waals surface area contributed by atoms with E-state index in [1.165, 1.54) is 22.5 Å². The minimum absolute atomic E-state index is 0.00641. The van der Waals surface area contributed by atoms with Gasteiger partial charge in [0.2, 0.25) is 0 Å². The van der Waals surface area contributed by atoms with Gasteiger partial charge >= 0.3 is 0 Å². The molecule has 3 aliphatic rings. The molecule has 1 aliphatic carbocycles. The lowest BCUT2D eigenvalue weighted by molar-refractivity contribution is -0.122. The average molecular weight is 406 g/mol. The van der Waals surface area contributed by atoms with Gasteiger partial charge in [0.1, 0.15) is 0 Å². The van der Waals surface area contributed by atoms with Crippen molar-refractivity contribution in [3.05, 3.63) is 51.7 Å². The van der Waals surface area contributed by atoms with E-state index < -0.39 is 0 Å². The number of ketones is 1. The van der Waals surface area contributed by atoms with Crippen LogP contribution in [-0.2, 0) is 24.2 Å². The zero-order valence-electron chi connectivity index (χ0n) is 16.6. The van der Waals surface area contributed by atoms with Crippen LogP contribution in [0, 0.1) is 23.2 Å². The molecule has 2 aliphatic heterocycles. The Bertz CT molecular complexity index is 928. The summed E-state index contributed by atoms with van der Waals surface area (Å²) in [4.78, 5) is 16.7. The molecule has 5 rings (SSSR count). The zero-order chi connectivity index (χ0) is 19.8. The number of nitrogens with one attached hydrogen (secondary N) is 1. The molecule has 0 amide bonds. The highest BCUT2D eigenvalue weighted by Gasteiger charge is 2.42. The minimum atomic E-state index is -0.238. The molecule has 2 fully saturated rings. The van der Waals surface area contributed by atoms with Gasteiger partial charge < -0.3 is 10.2 Å². The molecule has 2 bridgehead atoms. The number of fused-ring (bicyclic) bond motifs is 3. The lowest BCUT2D eigenvalue weighted by Crippen LogP contribution is -2.42. The topological polar surface area (TPSA) is 56.1 Å². The number of hydrogen-bond donors (Lipinski definition) is 1. The van der Waals surface area contributed by atoms with Crippen molar-refractivity contribution in [2.45, 2.75) is 57.2 Å². The molecule has 4 nitrogen and oxygen atoms in total. The normalized spacial score (nSPS) is 26.2. The van der Waals surface area contributed by atoms with Crippen LogP contribution < -0.4 is 10.2 Å². The first-order valence-electron chi connectivity index (χ1n) is 10.8. The van der Waals surface area contributed by atoms with E-state index in [9.17, 15) is 10.1 Å². The molecular formula is C24H27N3OS. The Kier molecular flexibility index (Phi) is 5.15. The second-order valence-corrected chi connectivity index (χ2v) is 9.82. The maximum absolute atomic E-state index is 12.7. The summed E-state index contributed by atoms with van der Waals surface area (Å²) in [5.41, 5.74) is 3.83. The highest BCUT2D eigenvalue weighted by molar-refractivity contribution is 7.10. The van der Waals surface area contributed by atoms with Crippen LogP contribution in [0.3, 0.4) is 0 Å². The third kappa shape index (κ3) is 3.84. The van der Waals surface area contributed by atoms with Gasteiger partial charge in [0, 0.05) is 36.1 Å². The van der Waals surface area contributed by atoms with Crippen LogP contribution in [0.5, 0.6) is 0 Å². The van der Waals surface area contributed by atoms with Crippen LogP contribution >= 0.6 is 11.3 Å². The maximum atomic E-state index is 12.7. The Morgan fingerprint density at radius 1 is 1.28 bits per heavy atom. The summed E-state index contributed by atoms with van der Waals surface area (Å²) in [6.07, 6.45) is 5.64. The second kappa shape index (κ2) is 7.93. The van der Waals surface area contributed by atoms with Gasteiger partial charge in [0.05, 0.1) is 18.0 Å². The van der Waals surface area contributed by atoms with Crippen molar-refractivity contribution in [1.82, 2.24) is 5.32 Å². The first-order chi connectivity index (χ1) is 14.2. The van der Waals surface area contributed by atoms with Gasteiger partial charge in [-0.3, -0.25) is 4.79 Å². The van der Waals surface area contributed by atoms with Crippen molar-refractivity contribution in [1.29, 1.82) is 5.26 Å². The molecule has 3 heterocycles. The standard InChI is InChI=1S/C24H27N3OS/c25-14-17(12-22(28)24-18-3-4-20(13-18)26-24)11-16-1-5-21(6-2-16)27-9-7-23-19(15-27)8-10-29-23/h1-2,5-6,8,10,17-18,20,24,26H,3-4,7,9,11-13,15H2/t17-,18+,20-,24+/m1/s1. The molecule has 5 heteroatoms. The first-order valence-corrected chi connectivity index (χ1v) is 11.6. The van der Waals surface area contributed by atoms with E-state index in [-0.39, 0.29) is 17.7 Å². The third-order valence-corrected chi connectivity index (χ3v) is 7.95. The third-order valence-electron chi connectivity index (χ3n) is 6.93. The summed E-state index contributed by atoms with van der Waals surface area (Å²) in [6.45, 7) is 2.03. The molecule has 0 radical (unpaired) electrons. The van der Waals surface area contributed by atoms with Crippen LogP contribution in [0.1, 0.15) is 41.7 Å². The van der Waals surface area contributed by atoms with Crippen molar-refractivity contribution in [2.24, 2.45) is 11.8 Å². The van der Waals surface area contributed by atoms with Crippen LogP contribution in [0.2, 0.25) is 0 Å². The molecule has 1 N–H and O–H groups in total. The van der Waals surface area contributed by atoms with Gasteiger partial charge in [-0.15, -0.1) is 11.3 Å². The monoisotopic (exact) mass is 405 g/mol. The van der Waals surface area contributed by atoms with E-state index in [0.29, 0.717) is 24.8 Å². The molecule has 150 valence electrons. The number of nitriles is 1. The number of hydrogen-bond acceptors (Lipinski definition) is 5. The Hall–Kier alpha value is -2.16. The van der Waals surface area contributed by atoms with E-state index in [2.05, 4.69) is 52.0 Å². The van der Waals surface area contributed by atoms with Crippen LogP contribution in [0.15, 0.2) is 35.7 Å². The summed E-state index contributed by atoms with van der Waals surface area (Å²) in [5.74, 6) is 0.497. The molecule has 0 unspecified atom stereocenters. The number of anilines is 1. The summed E-state index contributed by atoms with van der Waals surface area (Å²) in [7, 11) is 0. The Labute approximate surface area is 176 Å². The average Bonchev–Trinajstić information content (AvgIpc) is 3.50. The van der Waals surface area contributed by atoms with Crippen molar-refractivity contribution in [3.8, 4) is 6.07 Å². The number of carbonyl (C=O) groups is 1. The number of Topliss-reactive ketones (excluding diaryl/α,β-unsaturated/α-hetero) is 1. The highest BCUT2D eigenvalue weighted by atomic mass is 32.1. The largest absolute Gasteiger partial charge is 0.367 e. The van der Waals surface area contributed by atoms with Gasteiger partial charge in [-0.2, -0.15) is 5.26 Å². The summed E-state index contributed by atoms with van der Waals surface area (Å²) >= 11 is 1.86. The second-order valence-electron chi connectivity index (χ2n) is 8.82. The van der Waals surface area contributed by atoms with Crippen molar-refractivity contribution < 1.29 is 4.79 Å². The summed E-state index contributed by atoms with van der Waals surface area (Å²) < 4.78 is 0. The SMILES string of the molecule is N#C[C@@H](CC(=O)[C@H]1N[C@@H]2CC[C@H]1C2)Cc1ccc(N2CCc3sccc3C2)cc1. The van der Waals surface area contributed by atoms with E-state index in [1.54, 1.807) is 0 Å². The fourth-order valence-corrected chi connectivity index (χ4v) is 6.24. The van der Waals surface area contributed by atoms with Gasteiger partial charge in [0.15, 0.2) is 5.78 Å². The Morgan fingerprint density at radius 3 is 2.86 bits per heavy atom. The fourth-order valence-electron chi connectivity index (χ4n) is 5.35. The van der Waals surface area contributed by atoms with E-state index in [1.807, 2.05) is 11.3 Å². The molecule has 29 heavy (non-hydrogen) atoms. The summed E-state index contributed by atoms with van der Waals surface area (Å²) in [5, 5.41) is 15.3. The molecule has 1 aromatic carbocycles. The predicted octanol–water partition coefficient (Wildman–Crippen LogP) is 4.09. The molecule has 0 spiro atoms. The van der Waals surface area contributed by atoms with Crippen molar-refractivity contribution in [3.63, 3.8) is 0 Å².